The molecule has 1 aromatic carbocycles. The van der Waals surface area contributed by atoms with Crippen molar-refractivity contribution in [3.8, 4) is 0 Å². The number of nitro benzene ring substituents is 1. The topological polar surface area (TPSA) is 80.4 Å². The first-order valence-electron chi connectivity index (χ1n) is 5.59. The number of benzene rings is 1. The first-order valence-corrected chi connectivity index (χ1v) is 6.71. The molecule has 0 fully saturated rings. The molecule has 0 amide bonds. The van der Waals surface area contributed by atoms with E-state index in [0.717, 1.165) is 18.2 Å². The van der Waals surface area contributed by atoms with E-state index in [2.05, 4.69) is 15.9 Å². The molecule has 6 heteroatoms. The number of halogens is 1. The van der Waals surface area contributed by atoms with Crippen molar-refractivity contribution in [3.63, 3.8) is 0 Å². The fourth-order valence-electron chi connectivity index (χ4n) is 1.70. The first-order chi connectivity index (χ1) is 8.56. The summed E-state index contributed by atoms with van der Waals surface area (Å²) in [5, 5.41) is 20.5. The van der Waals surface area contributed by atoms with Crippen LogP contribution in [-0.2, 0) is 4.79 Å². The molecule has 1 N–H and O–H groups in total. The van der Waals surface area contributed by atoms with Gasteiger partial charge in [-0.05, 0) is 18.4 Å². The maximum atomic E-state index is 11.2. The summed E-state index contributed by atoms with van der Waals surface area (Å²) < 4.78 is 0. The fraction of sp³-hybridized carbons (Fsp3) is 0.417. The van der Waals surface area contributed by atoms with E-state index in [1.165, 1.54) is 24.3 Å². The fourth-order valence-corrected chi connectivity index (χ4v) is 2.10. The summed E-state index contributed by atoms with van der Waals surface area (Å²) in [4.78, 5) is 21.2. The van der Waals surface area contributed by atoms with Crippen LogP contribution in [0, 0.1) is 10.1 Å². The third-order valence-electron chi connectivity index (χ3n) is 2.68. The minimum Gasteiger partial charge on any atom is -0.481 e. The van der Waals surface area contributed by atoms with Crippen molar-refractivity contribution in [3.05, 3.63) is 39.9 Å². The van der Waals surface area contributed by atoms with Crippen molar-refractivity contribution >= 4 is 27.6 Å². The Kier molecular flexibility index (Phi) is 5.77. The monoisotopic (exact) mass is 315 g/mol. The molecular formula is C12H14BrNO4. The molecule has 5 nitrogen and oxygen atoms in total. The van der Waals surface area contributed by atoms with Crippen LogP contribution in [0.1, 0.15) is 30.7 Å². The minimum atomic E-state index is -0.890. The number of aliphatic carboxylic acids is 1. The quantitative estimate of drug-likeness (QED) is 0.362. The number of alkyl halides is 1. The van der Waals surface area contributed by atoms with Crippen molar-refractivity contribution in [2.75, 3.05) is 5.33 Å². The molecule has 98 valence electrons. The van der Waals surface area contributed by atoms with Gasteiger partial charge in [0.1, 0.15) is 0 Å². The number of carboxylic acids is 1. The van der Waals surface area contributed by atoms with Gasteiger partial charge in [0.2, 0.25) is 0 Å². The summed E-state index contributed by atoms with van der Waals surface area (Å²) in [6.07, 6.45) is 2.26. The van der Waals surface area contributed by atoms with Gasteiger partial charge in [0.15, 0.2) is 0 Å². The van der Waals surface area contributed by atoms with Crippen LogP contribution in [-0.4, -0.2) is 21.3 Å². The second-order valence-corrected chi connectivity index (χ2v) is 4.72. The number of carboxylic acid groups (broad SMARTS) is 1. The molecule has 1 unspecified atom stereocenters. The molecule has 18 heavy (non-hydrogen) atoms. The molecule has 0 bridgehead atoms. The maximum absolute atomic E-state index is 11.2. The Bertz CT molecular complexity index is 419. The van der Waals surface area contributed by atoms with Crippen molar-refractivity contribution in [1.29, 1.82) is 0 Å². The van der Waals surface area contributed by atoms with Gasteiger partial charge in [0.25, 0.3) is 5.69 Å². The van der Waals surface area contributed by atoms with Gasteiger partial charge >= 0.3 is 5.97 Å². The summed E-state index contributed by atoms with van der Waals surface area (Å²) in [6.45, 7) is 0. The SMILES string of the molecule is O=C(O)C(CCCCBr)c1ccc([N+](=O)[O-])cc1. The van der Waals surface area contributed by atoms with E-state index >= 15 is 0 Å². The molecule has 0 aliphatic carbocycles. The average Bonchev–Trinajstić information content (AvgIpc) is 2.34. The van der Waals surface area contributed by atoms with Crippen LogP contribution in [0.3, 0.4) is 0 Å². The third kappa shape index (κ3) is 4.10. The lowest BCUT2D eigenvalue weighted by molar-refractivity contribution is -0.384. The van der Waals surface area contributed by atoms with Crippen molar-refractivity contribution in [1.82, 2.24) is 0 Å². The molecule has 0 saturated carbocycles. The summed E-state index contributed by atoms with van der Waals surface area (Å²) in [7, 11) is 0. The molecule has 0 aliphatic heterocycles. The molecule has 0 heterocycles. The summed E-state index contributed by atoms with van der Waals surface area (Å²) in [6, 6.07) is 5.72. The van der Waals surface area contributed by atoms with Gasteiger partial charge in [-0.3, -0.25) is 14.9 Å². The highest BCUT2D eigenvalue weighted by molar-refractivity contribution is 9.09. The molecule has 1 rings (SSSR count). The number of carbonyl (C=O) groups is 1. The molecule has 0 aromatic heterocycles. The van der Waals surface area contributed by atoms with Gasteiger partial charge in [-0.25, -0.2) is 0 Å². The zero-order valence-corrected chi connectivity index (χ0v) is 11.3. The largest absolute Gasteiger partial charge is 0.481 e. The average molecular weight is 316 g/mol. The number of hydrogen-bond donors (Lipinski definition) is 1. The molecule has 1 atom stereocenters. The Morgan fingerprint density at radius 3 is 2.39 bits per heavy atom. The van der Waals surface area contributed by atoms with Crippen molar-refractivity contribution < 1.29 is 14.8 Å². The second-order valence-electron chi connectivity index (χ2n) is 3.92. The number of rotatable bonds is 7. The molecule has 1 aromatic rings. The van der Waals surface area contributed by atoms with Crippen LogP contribution < -0.4 is 0 Å². The summed E-state index contributed by atoms with van der Waals surface area (Å²) >= 11 is 3.30. The number of hydrogen-bond acceptors (Lipinski definition) is 3. The van der Waals surface area contributed by atoms with Crippen LogP contribution in [0.4, 0.5) is 5.69 Å². The highest BCUT2D eigenvalue weighted by atomic mass is 79.9. The Balaban J connectivity index is 2.79. The van der Waals surface area contributed by atoms with Crippen LogP contribution >= 0.6 is 15.9 Å². The van der Waals surface area contributed by atoms with E-state index < -0.39 is 16.8 Å². The van der Waals surface area contributed by atoms with Crippen LogP contribution in [0.25, 0.3) is 0 Å². The van der Waals surface area contributed by atoms with Crippen LogP contribution in [0.2, 0.25) is 0 Å². The lowest BCUT2D eigenvalue weighted by Crippen LogP contribution is -2.11. The van der Waals surface area contributed by atoms with Crippen LogP contribution in [0.15, 0.2) is 24.3 Å². The number of nitrogens with zero attached hydrogens (tertiary/aromatic N) is 1. The summed E-state index contributed by atoms with van der Waals surface area (Å²) in [5.41, 5.74) is 0.589. The molecule has 0 aliphatic rings. The normalized spacial score (nSPS) is 12.1. The van der Waals surface area contributed by atoms with Gasteiger partial charge in [-0.15, -0.1) is 0 Å². The molecule has 0 saturated heterocycles. The van der Waals surface area contributed by atoms with E-state index in [1.54, 1.807) is 0 Å². The number of unbranched alkanes of at least 4 members (excludes halogenated alkanes) is 1. The molecular weight excluding hydrogens is 302 g/mol. The lowest BCUT2D eigenvalue weighted by atomic mass is 9.93. The Labute approximate surface area is 113 Å². The minimum absolute atomic E-state index is 0.0247. The van der Waals surface area contributed by atoms with E-state index in [1.807, 2.05) is 0 Å². The van der Waals surface area contributed by atoms with E-state index in [-0.39, 0.29) is 5.69 Å². The second kappa shape index (κ2) is 7.10. The number of non-ortho nitro benzene ring substituents is 1. The van der Waals surface area contributed by atoms with E-state index in [4.69, 9.17) is 5.11 Å². The lowest BCUT2D eigenvalue weighted by Gasteiger charge is -2.11. The van der Waals surface area contributed by atoms with E-state index in [0.29, 0.717) is 12.0 Å². The van der Waals surface area contributed by atoms with Gasteiger partial charge in [-0.2, -0.15) is 0 Å². The Hall–Kier alpha value is -1.43. The van der Waals surface area contributed by atoms with Gasteiger partial charge in [0.05, 0.1) is 10.8 Å². The predicted octanol–water partition coefficient (Wildman–Crippen LogP) is 3.33. The van der Waals surface area contributed by atoms with Gasteiger partial charge in [-0.1, -0.05) is 34.5 Å². The summed E-state index contributed by atoms with van der Waals surface area (Å²) in [5.74, 6) is -1.48. The van der Waals surface area contributed by atoms with Gasteiger partial charge in [0, 0.05) is 17.5 Å². The zero-order valence-electron chi connectivity index (χ0n) is 9.71. The highest BCUT2D eigenvalue weighted by Crippen LogP contribution is 2.24. The Morgan fingerprint density at radius 1 is 1.33 bits per heavy atom. The number of nitro groups is 1. The third-order valence-corrected chi connectivity index (χ3v) is 3.24. The smallest absolute Gasteiger partial charge is 0.310 e. The van der Waals surface area contributed by atoms with Crippen molar-refractivity contribution in [2.45, 2.75) is 25.2 Å². The highest BCUT2D eigenvalue weighted by Gasteiger charge is 2.20. The van der Waals surface area contributed by atoms with E-state index in [9.17, 15) is 14.9 Å². The Morgan fingerprint density at radius 2 is 1.94 bits per heavy atom. The zero-order chi connectivity index (χ0) is 13.5. The maximum Gasteiger partial charge on any atom is 0.310 e. The van der Waals surface area contributed by atoms with Gasteiger partial charge < -0.3 is 5.11 Å². The first kappa shape index (κ1) is 14.6. The van der Waals surface area contributed by atoms with Crippen molar-refractivity contribution in [2.24, 2.45) is 0 Å². The molecule has 0 radical (unpaired) electrons. The standard InChI is InChI=1S/C12H14BrNO4/c13-8-2-1-3-11(12(15)16)9-4-6-10(7-5-9)14(17)18/h4-7,11H,1-3,8H2,(H,15,16). The van der Waals surface area contributed by atoms with Crippen LogP contribution in [0.5, 0.6) is 0 Å². The predicted molar refractivity (Wildman–Crippen MR) is 71.1 cm³/mol. The molecule has 0 spiro atoms.